The molecule has 5 nitrogen and oxygen atoms in total. The summed E-state index contributed by atoms with van der Waals surface area (Å²) >= 11 is 11.9. The van der Waals surface area contributed by atoms with Crippen LogP contribution >= 0.6 is 23.2 Å². The molecule has 1 aromatic carbocycles. The van der Waals surface area contributed by atoms with Crippen molar-refractivity contribution < 1.29 is 9.53 Å². The first kappa shape index (κ1) is 14.6. The lowest BCUT2D eigenvalue weighted by molar-refractivity contribution is 0.102. The third-order valence-corrected chi connectivity index (χ3v) is 3.19. The van der Waals surface area contributed by atoms with E-state index in [9.17, 15) is 4.79 Å². The highest BCUT2D eigenvalue weighted by molar-refractivity contribution is 6.44. The van der Waals surface area contributed by atoms with Crippen LogP contribution in [-0.4, -0.2) is 22.5 Å². The third-order valence-electron chi connectivity index (χ3n) is 2.37. The molecular formula is C13H11Cl2N3O2. The Bertz CT molecular complexity index is 635. The van der Waals surface area contributed by atoms with E-state index in [4.69, 9.17) is 27.9 Å². The molecule has 1 aromatic heterocycles. The Morgan fingerprint density at radius 3 is 2.90 bits per heavy atom. The molecule has 0 aliphatic carbocycles. The van der Waals surface area contributed by atoms with E-state index in [1.54, 1.807) is 18.2 Å². The lowest BCUT2D eigenvalue weighted by Gasteiger charge is -2.08. The van der Waals surface area contributed by atoms with E-state index < -0.39 is 5.91 Å². The Labute approximate surface area is 125 Å². The Hall–Kier alpha value is -1.85. The van der Waals surface area contributed by atoms with Crippen LogP contribution in [0.2, 0.25) is 10.0 Å². The number of hydrogen-bond acceptors (Lipinski definition) is 4. The maximum atomic E-state index is 12.1. The Morgan fingerprint density at radius 2 is 2.15 bits per heavy atom. The van der Waals surface area contributed by atoms with Gasteiger partial charge in [0.05, 0.1) is 22.3 Å². The molecule has 0 aliphatic heterocycles. The molecule has 7 heteroatoms. The summed E-state index contributed by atoms with van der Waals surface area (Å²) in [5, 5.41) is 3.28. The van der Waals surface area contributed by atoms with Gasteiger partial charge in [0.1, 0.15) is 12.0 Å². The van der Waals surface area contributed by atoms with Crippen LogP contribution in [0.4, 0.5) is 5.69 Å². The molecule has 0 saturated carbocycles. The quantitative estimate of drug-likeness (QED) is 0.939. The second kappa shape index (κ2) is 6.54. The number of aromatic nitrogens is 2. The highest BCUT2D eigenvalue weighted by Crippen LogP contribution is 2.29. The van der Waals surface area contributed by atoms with E-state index in [-0.39, 0.29) is 10.7 Å². The van der Waals surface area contributed by atoms with E-state index in [1.165, 1.54) is 12.4 Å². The number of nitrogens with one attached hydrogen (secondary N) is 1. The molecule has 0 spiro atoms. The van der Waals surface area contributed by atoms with Crippen LogP contribution in [-0.2, 0) is 0 Å². The zero-order valence-corrected chi connectivity index (χ0v) is 12.1. The number of hydrogen-bond donors (Lipinski definition) is 1. The van der Waals surface area contributed by atoms with Crippen molar-refractivity contribution in [1.29, 1.82) is 0 Å². The topological polar surface area (TPSA) is 64.1 Å². The predicted molar refractivity (Wildman–Crippen MR) is 77.6 cm³/mol. The van der Waals surface area contributed by atoms with Gasteiger partial charge in [-0.1, -0.05) is 29.3 Å². The van der Waals surface area contributed by atoms with Crippen molar-refractivity contribution in [3.05, 3.63) is 46.3 Å². The van der Waals surface area contributed by atoms with Gasteiger partial charge in [-0.25, -0.2) is 9.97 Å². The first-order valence-electron chi connectivity index (χ1n) is 5.82. The summed E-state index contributed by atoms with van der Waals surface area (Å²) in [5.74, 6) is -0.0811. The second-order valence-corrected chi connectivity index (χ2v) is 4.52. The first-order valence-corrected chi connectivity index (χ1v) is 6.57. The van der Waals surface area contributed by atoms with Crippen molar-refractivity contribution in [2.24, 2.45) is 0 Å². The fourth-order valence-corrected chi connectivity index (χ4v) is 1.82. The average Bonchev–Trinajstić information content (AvgIpc) is 2.44. The molecule has 0 unspecified atom stereocenters. The van der Waals surface area contributed by atoms with Crippen LogP contribution in [0.1, 0.15) is 17.4 Å². The Balaban J connectivity index is 2.19. The zero-order valence-electron chi connectivity index (χ0n) is 10.6. The van der Waals surface area contributed by atoms with Crippen LogP contribution in [0.15, 0.2) is 30.6 Å². The summed E-state index contributed by atoms with van der Waals surface area (Å²) in [6.07, 6.45) is 1.26. The number of carbonyl (C=O) groups excluding carboxylic acids is 1. The fourth-order valence-electron chi connectivity index (χ4n) is 1.48. The second-order valence-electron chi connectivity index (χ2n) is 3.73. The Kier molecular flexibility index (Phi) is 4.76. The molecule has 2 aromatic rings. The molecule has 0 aliphatic rings. The molecule has 1 heterocycles. The highest BCUT2D eigenvalue weighted by Gasteiger charge is 2.12. The lowest BCUT2D eigenvalue weighted by atomic mass is 10.3. The molecule has 1 amide bonds. The number of anilines is 1. The summed E-state index contributed by atoms with van der Waals surface area (Å²) in [6, 6.07) is 6.43. The number of amides is 1. The van der Waals surface area contributed by atoms with Gasteiger partial charge in [-0.05, 0) is 19.1 Å². The lowest BCUT2D eigenvalue weighted by Crippen LogP contribution is -2.14. The molecule has 0 bridgehead atoms. The molecule has 0 fully saturated rings. The van der Waals surface area contributed by atoms with Crippen LogP contribution in [0.3, 0.4) is 0 Å². The van der Waals surface area contributed by atoms with Gasteiger partial charge in [-0.15, -0.1) is 0 Å². The molecule has 2 rings (SSSR count). The minimum absolute atomic E-state index is 0.180. The summed E-state index contributed by atoms with van der Waals surface area (Å²) in [4.78, 5) is 19.9. The third kappa shape index (κ3) is 3.37. The zero-order chi connectivity index (χ0) is 14.5. The maximum absolute atomic E-state index is 12.1. The largest absolute Gasteiger partial charge is 0.478 e. The van der Waals surface area contributed by atoms with Gasteiger partial charge in [0.15, 0.2) is 0 Å². The Morgan fingerprint density at radius 1 is 1.35 bits per heavy atom. The molecule has 0 atom stereocenters. The minimum Gasteiger partial charge on any atom is -0.478 e. The van der Waals surface area contributed by atoms with E-state index in [1.807, 2.05) is 6.92 Å². The van der Waals surface area contributed by atoms with Gasteiger partial charge in [0.2, 0.25) is 5.88 Å². The predicted octanol–water partition coefficient (Wildman–Crippen LogP) is 3.43. The smallest absolute Gasteiger partial charge is 0.274 e. The van der Waals surface area contributed by atoms with Crippen molar-refractivity contribution >= 4 is 34.8 Å². The summed E-state index contributed by atoms with van der Waals surface area (Å²) < 4.78 is 5.21. The molecular weight excluding hydrogens is 301 g/mol. The van der Waals surface area contributed by atoms with Crippen LogP contribution in [0.25, 0.3) is 0 Å². The first-order chi connectivity index (χ1) is 9.61. The molecule has 1 N–H and O–H groups in total. The van der Waals surface area contributed by atoms with E-state index in [2.05, 4.69) is 15.3 Å². The molecule has 20 heavy (non-hydrogen) atoms. The van der Waals surface area contributed by atoms with E-state index in [0.29, 0.717) is 23.2 Å². The van der Waals surface area contributed by atoms with Gasteiger partial charge >= 0.3 is 0 Å². The van der Waals surface area contributed by atoms with Crippen LogP contribution in [0, 0.1) is 0 Å². The van der Waals surface area contributed by atoms with Crippen molar-refractivity contribution in [3.8, 4) is 5.88 Å². The molecule has 0 radical (unpaired) electrons. The average molecular weight is 312 g/mol. The SMILES string of the molecule is CCOc1cc(C(=O)Nc2cccc(Cl)c2Cl)ncn1. The van der Waals surface area contributed by atoms with Gasteiger partial charge in [-0.2, -0.15) is 0 Å². The number of halogens is 2. The number of carbonyl (C=O) groups is 1. The number of rotatable bonds is 4. The number of nitrogens with zero attached hydrogens (tertiary/aromatic N) is 2. The van der Waals surface area contributed by atoms with Crippen molar-refractivity contribution in [3.63, 3.8) is 0 Å². The summed E-state index contributed by atoms with van der Waals surface area (Å²) in [6.45, 7) is 2.28. The summed E-state index contributed by atoms with van der Waals surface area (Å²) in [5.41, 5.74) is 0.597. The standard InChI is InChI=1S/C13H11Cl2N3O2/c1-2-20-11-6-10(16-7-17-11)13(19)18-9-5-3-4-8(14)12(9)15/h3-7H,2H2,1H3,(H,18,19). The van der Waals surface area contributed by atoms with E-state index in [0.717, 1.165) is 0 Å². The molecule has 0 saturated heterocycles. The van der Waals surface area contributed by atoms with Crippen molar-refractivity contribution in [2.75, 3.05) is 11.9 Å². The van der Waals surface area contributed by atoms with Gasteiger partial charge in [-0.3, -0.25) is 4.79 Å². The van der Waals surface area contributed by atoms with Crippen LogP contribution in [0.5, 0.6) is 5.88 Å². The van der Waals surface area contributed by atoms with Gasteiger partial charge in [0, 0.05) is 6.07 Å². The maximum Gasteiger partial charge on any atom is 0.274 e. The summed E-state index contributed by atoms with van der Waals surface area (Å²) in [7, 11) is 0. The van der Waals surface area contributed by atoms with Gasteiger partial charge in [0.25, 0.3) is 5.91 Å². The van der Waals surface area contributed by atoms with E-state index >= 15 is 0 Å². The normalized spacial score (nSPS) is 10.2. The van der Waals surface area contributed by atoms with Gasteiger partial charge < -0.3 is 10.1 Å². The number of benzene rings is 1. The van der Waals surface area contributed by atoms with Crippen molar-refractivity contribution in [2.45, 2.75) is 6.92 Å². The monoisotopic (exact) mass is 311 g/mol. The fraction of sp³-hybridized carbons (Fsp3) is 0.154. The minimum atomic E-state index is -0.419. The van der Waals surface area contributed by atoms with Crippen LogP contribution < -0.4 is 10.1 Å². The van der Waals surface area contributed by atoms with Crippen molar-refractivity contribution in [1.82, 2.24) is 9.97 Å². The highest BCUT2D eigenvalue weighted by atomic mass is 35.5. The number of ether oxygens (including phenoxy) is 1. The molecule has 104 valence electrons.